The molecule has 0 aromatic heterocycles. The SMILES string of the molecule is COCCc1c(N)cc(N)cc1-c1ccccc1C. The minimum atomic E-state index is 0.646. The van der Waals surface area contributed by atoms with Crippen molar-refractivity contribution in [2.75, 3.05) is 25.2 Å². The largest absolute Gasteiger partial charge is 0.399 e. The molecule has 0 aliphatic heterocycles. The maximum absolute atomic E-state index is 6.11. The van der Waals surface area contributed by atoms with E-state index in [4.69, 9.17) is 16.2 Å². The van der Waals surface area contributed by atoms with E-state index in [1.54, 1.807) is 7.11 Å². The highest BCUT2D eigenvalue weighted by atomic mass is 16.5. The van der Waals surface area contributed by atoms with E-state index in [0.29, 0.717) is 12.3 Å². The molecule has 0 unspecified atom stereocenters. The van der Waals surface area contributed by atoms with Gasteiger partial charge in [-0.2, -0.15) is 0 Å². The first-order chi connectivity index (χ1) is 9.13. The van der Waals surface area contributed by atoms with Gasteiger partial charge in [0.1, 0.15) is 0 Å². The molecule has 0 saturated heterocycles. The summed E-state index contributed by atoms with van der Waals surface area (Å²) in [5, 5.41) is 0. The van der Waals surface area contributed by atoms with Crippen molar-refractivity contribution >= 4 is 11.4 Å². The third-order valence-electron chi connectivity index (χ3n) is 3.30. The predicted molar refractivity (Wildman–Crippen MR) is 81.0 cm³/mol. The fourth-order valence-corrected chi connectivity index (χ4v) is 2.32. The molecule has 3 heteroatoms. The average molecular weight is 256 g/mol. The number of methoxy groups -OCH3 is 1. The summed E-state index contributed by atoms with van der Waals surface area (Å²) >= 11 is 0. The van der Waals surface area contributed by atoms with Crippen LogP contribution in [0.25, 0.3) is 11.1 Å². The van der Waals surface area contributed by atoms with Crippen molar-refractivity contribution in [1.29, 1.82) is 0 Å². The van der Waals surface area contributed by atoms with Crippen LogP contribution in [-0.4, -0.2) is 13.7 Å². The minimum Gasteiger partial charge on any atom is -0.399 e. The Morgan fingerprint density at radius 1 is 1.05 bits per heavy atom. The Labute approximate surface area is 114 Å². The maximum atomic E-state index is 6.11. The summed E-state index contributed by atoms with van der Waals surface area (Å²) in [6, 6.07) is 12.1. The zero-order valence-corrected chi connectivity index (χ0v) is 11.4. The second-order valence-electron chi connectivity index (χ2n) is 4.69. The second-order valence-corrected chi connectivity index (χ2v) is 4.69. The van der Waals surface area contributed by atoms with Gasteiger partial charge in [0.05, 0.1) is 6.61 Å². The molecule has 0 radical (unpaired) electrons. The number of ether oxygens (including phenoxy) is 1. The molecule has 0 bridgehead atoms. The van der Waals surface area contributed by atoms with Crippen LogP contribution in [0.2, 0.25) is 0 Å². The molecular formula is C16H20N2O. The summed E-state index contributed by atoms with van der Waals surface area (Å²) in [6.45, 7) is 2.74. The van der Waals surface area contributed by atoms with Gasteiger partial charge in [-0.1, -0.05) is 24.3 Å². The van der Waals surface area contributed by atoms with Gasteiger partial charge in [-0.3, -0.25) is 0 Å². The first-order valence-corrected chi connectivity index (χ1v) is 6.36. The van der Waals surface area contributed by atoms with Crippen LogP contribution in [0.4, 0.5) is 11.4 Å². The standard InChI is InChI=1S/C16H20N2O/c1-11-5-3-4-6-13(11)15-9-12(17)10-16(18)14(15)7-8-19-2/h3-6,9-10H,7-8,17-18H2,1-2H3. The number of nitrogen functional groups attached to an aromatic ring is 2. The van der Waals surface area contributed by atoms with Crippen LogP contribution in [-0.2, 0) is 11.2 Å². The molecule has 2 aromatic rings. The summed E-state index contributed by atoms with van der Waals surface area (Å²) in [7, 11) is 1.70. The lowest BCUT2D eigenvalue weighted by molar-refractivity contribution is 0.202. The van der Waals surface area contributed by atoms with Crippen molar-refractivity contribution in [1.82, 2.24) is 0 Å². The van der Waals surface area contributed by atoms with Crippen LogP contribution < -0.4 is 11.5 Å². The van der Waals surface area contributed by atoms with Gasteiger partial charge in [0.2, 0.25) is 0 Å². The summed E-state index contributed by atoms with van der Waals surface area (Å²) in [5.41, 5.74) is 18.1. The fourth-order valence-electron chi connectivity index (χ4n) is 2.32. The van der Waals surface area contributed by atoms with E-state index in [1.807, 2.05) is 24.3 Å². The molecule has 0 saturated carbocycles. The Kier molecular flexibility index (Phi) is 4.07. The van der Waals surface area contributed by atoms with Gasteiger partial charge in [0.25, 0.3) is 0 Å². The quantitative estimate of drug-likeness (QED) is 0.827. The number of benzene rings is 2. The van der Waals surface area contributed by atoms with Crippen LogP contribution in [0.5, 0.6) is 0 Å². The van der Waals surface area contributed by atoms with Gasteiger partial charge in [0.15, 0.2) is 0 Å². The van der Waals surface area contributed by atoms with Crippen molar-refractivity contribution in [2.24, 2.45) is 0 Å². The maximum Gasteiger partial charge on any atom is 0.0503 e. The van der Waals surface area contributed by atoms with Crippen molar-refractivity contribution in [2.45, 2.75) is 13.3 Å². The van der Waals surface area contributed by atoms with E-state index in [-0.39, 0.29) is 0 Å². The first-order valence-electron chi connectivity index (χ1n) is 6.36. The molecule has 2 rings (SSSR count). The summed E-state index contributed by atoms with van der Waals surface area (Å²) < 4.78 is 5.17. The molecule has 3 nitrogen and oxygen atoms in total. The predicted octanol–water partition coefficient (Wildman–Crippen LogP) is 3.02. The Bertz CT molecular complexity index is 579. The molecule has 19 heavy (non-hydrogen) atoms. The lowest BCUT2D eigenvalue weighted by atomic mass is 9.93. The molecule has 0 heterocycles. The third kappa shape index (κ3) is 2.88. The van der Waals surface area contributed by atoms with Crippen molar-refractivity contribution < 1.29 is 4.74 Å². The van der Waals surface area contributed by atoms with E-state index < -0.39 is 0 Å². The number of anilines is 2. The van der Waals surface area contributed by atoms with Crippen LogP contribution in [0, 0.1) is 6.92 Å². The van der Waals surface area contributed by atoms with Gasteiger partial charge in [-0.15, -0.1) is 0 Å². The van der Waals surface area contributed by atoms with Crippen LogP contribution in [0.1, 0.15) is 11.1 Å². The molecule has 4 N–H and O–H groups in total. The average Bonchev–Trinajstić information content (AvgIpc) is 2.37. The van der Waals surface area contributed by atoms with Crippen molar-refractivity contribution in [3.8, 4) is 11.1 Å². The van der Waals surface area contributed by atoms with Gasteiger partial charge in [0, 0.05) is 18.5 Å². The fraction of sp³-hybridized carbons (Fsp3) is 0.250. The summed E-state index contributed by atoms with van der Waals surface area (Å²) in [4.78, 5) is 0. The molecule has 100 valence electrons. The Morgan fingerprint density at radius 3 is 2.47 bits per heavy atom. The highest BCUT2D eigenvalue weighted by Crippen LogP contribution is 2.32. The van der Waals surface area contributed by atoms with Crippen molar-refractivity contribution in [3.63, 3.8) is 0 Å². The summed E-state index contributed by atoms with van der Waals surface area (Å²) in [6.07, 6.45) is 0.784. The number of hydrogen-bond acceptors (Lipinski definition) is 3. The first kappa shape index (κ1) is 13.4. The van der Waals surface area contributed by atoms with E-state index in [1.165, 1.54) is 11.1 Å². The zero-order chi connectivity index (χ0) is 13.8. The minimum absolute atomic E-state index is 0.646. The molecule has 0 amide bonds. The van der Waals surface area contributed by atoms with Crippen LogP contribution in [0.15, 0.2) is 36.4 Å². The molecular weight excluding hydrogens is 236 g/mol. The van der Waals surface area contributed by atoms with Gasteiger partial charge in [-0.25, -0.2) is 0 Å². The number of rotatable bonds is 4. The Morgan fingerprint density at radius 2 is 1.79 bits per heavy atom. The lowest BCUT2D eigenvalue weighted by Gasteiger charge is -2.15. The molecule has 0 fully saturated rings. The highest BCUT2D eigenvalue weighted by Gasteiger charge is 2.11. The van der Waals surface area contributed by atoms with Crippen LogP contribution in [0.3, 0.4) is 0 Å². The molecule has 0 spiro atoms. The molecule has 0 aliphatic rings. The monoisotopic (exact) mass is 256 g/mol. The van der Waals surface area contributed by atoms with E-state index >= 15 is 0 Å². The summed E-state index contributed by atoms with van der Waals surface area (Å²) in [5.74, 6) is 0. The lowest BCUT2D eigenvalue weighted by Crippen LogP contribution is -2.04. The molecule has 0 aliphatic carbocycles. The molecule has 2 aromatic carbocycles. The Balaban J connectivity index is 2.57. The second kappa shape index (κ2) is 5.76. The van der Waals surface area contributed by atoms with Gasteiger partial charge >= 0.3 is 0 Å². The smallest absolute Gasteiger partial charge is 0.0503 e. The van der Waals surface area contributed by atoms with Gasteiger partial charge in [-0.05, 0) is 47.7 Å². The zero-order valence-electron chi connectivity index (χ0n) is 11.4. The number of hydrogen-bond donors (Lipinski definition) is 2. The highest BCUT2D eigenvalue weighted by molar-refractivity contribution is 5.79. The van der Waals surface area contributed by atoms with E-state index in [0.717, 1.165) is 23.2 Å². The van der Waals surface area contributed by atoms with E-state index in [9.17, 15) is 0 Å². The third-order valence-corrected chi connectivity index (χ3v) is 3.30. The van der Waals surface area contributed by atoms with Gasteiger partial charge < -0.3 is 16.2 Å². The van der Waals surface area contributed by atoms with E-state index in [2.05, 4.69) is 19.1 Å². The molecule has 0 atom stereocenters. The van der Waals surface area contributed by atoms with Crippen molar-refractivity contribution in [3.05, 3.63) is 47.5 Å². The number of nitrogens with two attached hydrogens (primary N) is 2. The number of aryl methyl sites for hydroxylation is 1. The normalized spacial score (nSPS) is 10.6. The van der Waals surface area contributed by atoms with Crippen LogP contribution >= 0.6 is 0 Å². The topological polar surface area (TPSA) is 61.3 Å². The Hall–Kier alpha value is -2.00.